The van der Waals surface area contributed by atoms with Crippen LogP contribution in [0, 0.1) is 0 Å². The van der Waals surface area contributed by atoms with Crippen molar-refractivity contribution < 1.29 is 14.3 Å². The van der Waals surface area contributed by atoms with E-state index < -0.39 is 5.54 Å². The molecular formula is C10H19NO3. The van der Waals surface area contributed by atoms with E-state index in [0.717, 1.165) is 6.42 Å². The third-order valence-electron chi connectivity index (χ3n) is 2.63. The number of ether oxygens (including phenoxy) is 2. The summed E-state index contributed by atoms with van der Waals surface area (Å²) in [5, 5.41) is 0. The highest BCUT2D eigenvalue weighted by Gasteiger charge is 2.40. The fraction of sp³-hybridized carbons (Fsp3) is 0.900. The molecule has 1 aliphatic rings. The minimum Gasteiger partial charge on any atom is -0.465 e. The molecule has 0 aliphatic carbocycles. The molecule has 0 aromatic heterocycles. The van der Waals surface area contributed by atoms with Crippen molar-refractivity contribution in [3.63, 3.8) is 0 Å². The van der Waals surface area contributed by atoms with Gasteiger partial charge in [0.05, 0.1) is 12.7 Å². The number of hydrogen-bond acceptors (Lipinski definition) is 4. The molecule has 1 fully saturated rings. The molecular weight excluding hydrogens is 182 g/mol. The highest BCUT2D eigenvalue weighted by Crippen LogP contribution is 2.25. The minimum atomic E-state index is -0.824. The van der Waals surface area contributed by atoms with Gasteiger partial charge in [0.15, 0.2) is 0 Å². The van der Waals surface area contributed by atoms with Crippen LogP contribution in [0.25, 0.3) is 0 Å². The monoisotopic (exact) mass is 201 g/mol. The summed E-state index contributed by atoms with van der Waals surface area (Å²) in [4.78, 5) is 11.6. The number of rotatable bonds is 3. The van der Waals surface area contributed by atoms with E-state index in [1.54, 1.807) is 6.92 Å². The maximum Gasteiger partial charge on any atom is 0.326 e. The van der Waals surface area contributed by atoms with E-state index >= 15 is 0 Å². The van der Waals surface area contributed by atoms with Gasteiger partial charge in [-0.3, -0.25) is 4.79 Å². The van der Waals surface area contributed by atoms with Crippen molar-refractivity contribution in [3.8, 4) is 0 Å². The molecule has 2 N–H and O–H groups in total. The first-order chi connectivity index (χ1) is 6.62. The molecule has 0 aromatic carbocycles. The van der Waals surface area contributed by atoms with Crippen LogP contribution in [-0.4, -0.2) is 30.8 Å². The maximum absolute atomic E-state index is 11.6. The molecule has 1 heterocycles. The highest BCUT2D eigenvalue weighted by atomic mass is 16.5. The summed E-state index contributed by atoms with van der Waals surface area (Å²) in [6.07, 6.45) is 2.11. The Bertz CT molecular complexity index is 208. The topological polar surface area (TPSA) is 61.5 Å². The van der Waals surface area contributed by atoms with Crippen LogP contribution in [0.15, 0.2) is 0 Å². The first-order valence-corrected chi connectivity index (χ1v) is 5.20. The van der Waals surface area contributed by atoms with Crippen LogP contribution in [0.4, 0.5) is 0 Å². The standard InChI is InChI=1S/C10H19NO3/c1-3-8-7-10(11,5-6-14-8)9(12)13-4-2/h8H,3-7,11H2,1-2H3. The molecule has 1 rings (SSSR count). The second kappa shape index (κ2) is 4.75. The van der Waals surface area contributed by atoms with Crippen LogP contribution >= 0.6 is 0 Å². The van der Waals surface area contributed by atoms with Crippen LogP contribution in [0.3, 0.4) is 0 Å². The molecule has 0 aromatic rings. The summed E-state index contributed by atoms with van der Waals surface area (Å²) in [5.74, 6) is -0.290. The third-order valence-corrected chi connectivity index (χ3v) is 2.63. The molecule has 4 heteroatoms. The number of hydrogen-bond donors (Lipinski definition) is 1. The van der Waals surface area contributed by atoms with Gasteiger partial charge in [0.1, 0.15) is 5.54 Å². The molecule has 4 nitrogen and oxygen atoms in total. The van der Waals surface area contributed by atoms with Gasteiger partial charge < -0.3 is 15.2 Å². The summed E-state index contributed by atoms with van der Waals surface area (Å²) in [7, 11) is 0. The molecule has 0 amide bonds. The molecule has 0 bridgehead atoms. The molecule has 2 atom stereocenters. The summed E-state index contributed by atoms with van der Waals surface area (Å²) in [6, 6.07) is 0. The SMILES string of the molecule is CCOC(=O)C1(N)CCOC(CC)C1. The van der Waals surface area contributed by atoms with E-state index in [9.17, 15) is 4.79 Å². The first kappa shape index (κ1) is 11.5. The van der Waals surface area contributed by atoms with E-state index in [1.807, 2.05) is 6.92 Å². The van der Waals surface area contributed by atoms with Crippen LogP contribution in [-0.2, 0) is 14.3 Å². The Hall–Kier alpha value is -0.610. The summed E-state index contributed by atoms with van der Waals surface area (Å²) in [5.41, 5.74) is 5.18. The van der Waals surface area contributed by atoms with Crippen molar-refractivity contribution in [1.82, 2.24) is 0 Å². The molecule has 1 saturated heterocycles. The lowest BCUT2D eigenvalue weighted by atomic mass is 9.87. The van der Waals surface area contributed by atoms with Gasteiger partial charge in [-0.15, -0.1) is 0 Å². The largest absolute Gasteiger partial charge is 0.465 e. The average molecular weight is 201 g/mol. The van der Waals surface area contributed by atoms with Gasteiger partial charge in [-0.05, 0) is 19.8 Å². The van der Waals surface area contributed by atoms with Gasteiger partial charge in [0.2, 0.25) is 0 Å². The summed E-state index contributed by atoms with van der Waals surface area (Å²) < 4.78 is 10.4. The van der Waals surface area contributed by atoms with E-state index in [4.69, 9.17) is 15.2 Å². The third kappa shape index (κ3) is 2.45. The van der Waals surface area contributed by atoms with Crippen LogP contribution in [0.1, 0.15) is 33.1 Å². The van der Waals surface area contributed by atoms with Crippen LogP contribution < -0.4 is 5.73 Å². The fourth-order valence-electron chi connectivity index (χ4n) is 1.70. The van der Waals surface area contributed by atoms with Crippen molar-refractivity contribution in [2.75, 3.05) is 13.2 Å². The van der Waals surface area contributed by atoms with Crippen molar-refractivity contribution in [3.05, 3.63) is 0 Å². The molecule has 14 heavy (non-hydrogen) atoms. The zero-order chi connectivity index (χ0) is 10.6. The Morgan fingerprint density at radius 2 is 2.36 bits per heavy atom. The number of esters is 1. The molecule has 2 unspecified atom stereocenters. The Kier molecular flexibility index (Phi) is 3.89. The van der Waals surface area contributed by atoms with Gasteiger partial charge in [0.25, 0.3) is 0 Å². The predicted molar refractivity (Wildman–Crippen MR) is 52.8 cm³/mol. The minimum absolute atomic E-state index is 0.0955. The van der Waals surface area contributed by atoms with Crippen molar-refractivity contribution >= 4 is 5.97 Å². The molecule has 82 valence electrons. The zero-order valence-corrected chi connectivity index (χ0v) is 8.91. The Balaban J connectivity index is 2.58. The molecule has 0 spiro atoms. The predicted octanol–water partition coefficient (Wildman–Crippen LogP) is 0.836. The fourth-order valence-corrected chi connectivity index (χ4v) is 1.70. The Labute approximate surface area is 84.7 Å². The lowest BCUT2D eigenvalue weighted by molar-refractivity contribution is -0.155. The van der Waals surface area contributed by atoms with E-state index in [1.165, 1.54) is 0 Å². The summed E-state index contributed by atoms with van der Waals surface area (Å²) in [6.45, 7) is 4.75. The molecule has 0 radical (unpaired) electrons. The lowest BCUT2D eigenvalue weighted by Gasteiger charge is -2.35. The van der Waals surface area contributed by atoms with Gasteiger partial charge >= 0.3 is 5.97 Å². The molecule has 1 aliphatic heterocycles. The Morgan fingerprint density at radius 1 is 1.64 bits per heavy atom. The quantitative estimate of drug-likeness (QED) is 0.687. The zero-order valence-electron chi connectivity index (χ0n) is 8.91. The summed E-state index contributed by atoms with van der Waals surface area (Å²) >= 11 is 0. The van der Waals surface area contributed by atoms with Crippen LogP contribution in [0.5, 0.6) is 0 Å². The van der Waals surface area contributed by atoms with Crippen LogP contribution in [0.2, 0.25) is 0 Å². The smallest absolute Gasteiger partial charge is 0.326 e. The number of carbonyl (C=O) groups excluding carboxylic acids is 1. The normalized spacial score (nSPS) is 32.6. The van der Waals surface area contributed by atoms with E-state index in [0.29, 0.717) is 26.1 Å². The Morgan fingerprint density at radius 3 is 2.93 bits per heavy atom. The lowest BCUT2D eigenvalue weighted by Crippen LogP contribution is -2.55. The van der Waals surface area contributed by atoms with E-state index in [2.05, 4.69) is 0 Å². The number of carbonyl (C=O) groups is 1. The van der Waals surface area contributed by atoms with Gasteiger partial charge in [-0.2, -0.15) is 0 Å². The van der Waals surface area contributed by atoms with Crippen molar-refractivity contribution in [1.29, 1.82) is 0 Å². The molecule has 0 saturated carbocycles. The second-order valence-electron chi connectivity index (χ2n) is 3.73. The van der Waals surface area contributed by atoms with E-state index in [-0.39, 0.29) is 12.1 Å². The van der Waals surface area contributed by atoms with Gasteiger partial charge in [-0.1, -0.05) is 6.92 Å². The van der Waals surface area contributed by atoms with Crippen molar-refractivity contribution in [2.45, 2.75) is 44.8 Å². The van der Waals surface area contributed by atoms with Gasteiger partial charge in [-0.25, -0.2) is 0 Å². The maximum atomic E-state index is 11.6. The average Bonchev–Trinajstić information content (AvgIpc) is 2.18. The van der Waals surface area contributed by atoms with Gasteiger partial charge in [0, 0.05) is 13.0 Å². The second-order valence-corrected chi connectivity index (χ2v) is 3.73. The first-order valence-electron chi connectivity index (χ1n) is 5.20. The number of nitrogens with two attached hydrogens (primary N) is 1. The van der Waals surface area contributed by atoms with Crippen molar-refractivity contribution in [2.24, 2.45) is 5.73 Å². The highest BCUT2D eigenvalue weighted by molar-refractivity contribution is 5.80.